The van der Waals surface area contributed by atoms with Crippen molar-refractivity contribution < 1.29 is 72.0 Å². The summed E-state index contributed by atoms with van der Waals surface area (Å²) in [6.07, 6.45) is -2.54. The Bertz CT molecular complexity index is 1290. The van der Waals surface area contributed by atoms with Crippen LogP contribution in [0.4, 0.5) is 0 Å². The lowest BCUT2D eigenvalue weighted by Gasteiger charge is -2.42. The standard InChI is InChI=1S/C38H60O15/c1-11-28(40)52-33-26(44-8)16-21(4)48-37(33)53-31-19(2)12-15-29(41)49-22(5)24(18-47-36-35(46-10)34(45-9)30(42)23(6)50-36)32-25(51-32)13-14-27(39)38(7,43)17-20(31)3/h12-15,19-26,30-37,42-43H,11,16-18H2,1-10H3/b14-13+,15-12+/t19-,20?,21?,22+,23?,24+,25+,26?,30?,31+,32?,33?,34?,35?,36?,37?,38+/m0/s1. The number of aliphatic hydroxyl groups excluding tert-OH is 1. The van der Waals surface area contributed by atoms with E-state index in [9.17, 15) is 24.6 Å². The predicted molar refractivity (Wildman–Crippen MR) is 187 cm³/mol. The van der Waals surface area contributed by atoms with Crippen molar-refractivity contribution in [3.05, 3.63) is 24.3 Å². The van der Waals surface area contributed by atoms with Crippen molar-refractivity contribution in [2.75, 3.05) is 27.9 Å². The molecule has 11 unspecified atom stereocenters. The molecule has 0 aliphatic carbocycles. The van der Waals surface area contributed by atoms with E-state index in [-0.39, 0.29) is 25.6 Å². The van der Waals surface area contributed by atoms with Crippen molar-refractivity contribution >= 4 is 17.7 Å². The molecule has 0 amide bonds. The fraction of sp³-hybridized carbons (Fsp3) is 0.816. The summed E-state index contributed by atoms with van der Waals surface area (Å²) >= 11 is 0. The van der Waals surface area contributed by atoms with Gasteiger partial charge in [-0.2, -0.15) is 0 Å². The molecule has 15 nitrogen and oxygen atoms in total. The molecule has 4 aliphatic heterocycles. The summed E-state index contributed by atoms with van der Waals surface area (Å²) in [5.41, 5.74) is -1.78. The molecule has 0 bridgehead atoms. The topological polar surface area (TPSA) is 187 Å². The Morgan fingerprint density at radius 2 is 1.58 bits per heavy atom. The Labute approximate surface area is 312 Å². The number of hydrogen-bond donors (Lipinski definition) is 2. The van der Waals surface area contributed by atoms with E-state index in [0.29, 0.717) is 6.42 Å². The largest absolute Gasteiger partial charge is 0.459 e. The second-order valence-electron chi connectivity index (χ2n) is 14.9. The number of hydrogen-bond acceptors (Lipinski definition) is 15. The third-order valence-corrected chi connectivity index (χ3v) is 10.7. The maximum atomic E-state index is 13.5. The van der Waals surface area contributed by atoms with Gasteiger partial charge in [0.25, 0.3) is 0 Å². The maximum Gasteiger partial charge on any atom is 0.330 e. The fourth-order valence-electron chi connectivity index (χ4n) is 7.47. The first-order valence-corrected chi connectivity index (χ1v) is 18.6. The Morgan fingerprint density at radius 1 is 0.887 bits per heavy atom. The van der Waals surface area contributed by atoms with Gasteiger partial charge in [0.2, 0.25) is 0 Å². The highest BCUT2D eigenvalue weighted by Gasteiger charge is 2.50. The number of methoxy groups -OCH3 is 3. The van der Waals surface area contributed by atoms with Gasteiger partial charge in [-0.25, -0.2) is 4.79 Å². The number of fused-ring (bicyclic) bond motifs is 1. The van der Waals surface area contributed by atoms with Gasteiger partial charge in [0.1, 0.15) is 42.2 Å². The van der Waals surface area contributed by atoms with Crippen LogP contribution < -0.4 is 0 Å². The van der Waals surface area contributed by atoms with Gasteiger partial charge in [-0.15, -0.1) is 0 Å². The molecule has 3 saturated heterocycles. The lowest BCUT2D eigenvalue weighted by atomic mass is 9.82. The number of carbonyl (C=O) groups excluding carboxylic acids is 3. The van der Waals surface area contributed by atoms with Crippen LogP contribution in [-0.2, 0) is 61.8 Å². The average molecular weight is 757 g/mol. The van der Waals surface area contributed by atoms with Crippen molar-refractivity contribution in [1.29, 1.82) is 0 Å². The maximum absolute atomic E-state index is 13.5. The van der Waals surface area contributed by atoms with Gasteiger partial charge in [-0.3, -0.25) is 9.59 Å². The van der Waals surface area contributed by atoms with Gasteiger partial charge in [-0.05, 0) is 52.2 Å². The minimum Gasteiger partial charge on any atom is -0.459 e. The first-order chi connectivity index (χ1) is 25.0. The van der Waals surface area contributed by atoms with Crippen LogP contribution in [0.25, 0.3) is 0 Å². The van der Waals surface area contributed by atoms with Crippen LogP contribution in [0.15, 0.2) is 24.3 Å². The summed E-state index contributed by atoms with van der Waals surface area (Å²) in [5.74, 6) is -3.01. The van der Waals surface area contributed by atoms with Gasteiger partial charge >= 0.3 is 11.9 Å². The highest BCUT2D eigenvalue weighted by Crippen LogP contribution is 2.37. The normalized spacial score (nSPS) is 45.4. The molecule has 15 heteroatoms. The van der Waals surface area contributed by atoms with Crippen LogP contribution >= 0.6 is 0 Å². The zero-order chi connectivity index (χ0) is 39.2. The predicted octanol–water partition coefficient (Wildman–Crippen LogP) is 2.42. The van der Waals surface area contributed by atoms with Crippen LogP contribution in [0.2, 0.25) is 0 Å². The van der Waals surface area contributed by atoms with E-state index >= 15 is 0 Å². The first-order valence-electron chi connectivity index (χ1n) is 18.6. The summed E-state index contributed by atoms with van der Waals surface area (Å²) in [6.45, 7) is 12.1. The van der Waals surface area contributed by atoms with Crippen LogP contribution in [0, 0.1) is 17.8 Å². The molecule has 4 aliphatic rings. The minimum absolute atomic E-state index is 0.00104. The zero-order valence-electron chi connectivity index (χ0n) is 32.6. The fourth-order valence-corrected chi connectivity index (χ4v) is 7.47. The minimum atomic E-state index is -1.78. The molecule has 0 radical (unpaired) electrons. The molecule has 3 fully saturated rings. The summed E-state index contributed by atoms with van der Waals surface area (Å²) in [6, 6.07) is 0. The molecule has 0 aromatic rings. The summed E-state index contributed by atoms with van der Waals surface area (Å²) in [4.78, 5) is 39.2. The van der Waals surface area contributed by atoms with Crippen molar-refractivity contribution in [3.63, 3.8) is 0 Å². The smallest absolute Gasteiger partial charge is 0.330 e. The highest BCUT2D eigenvalue weighted by atomic mass is 16.7. The molecular formula is C38H60O15. The average Bonchev–Trinajstić information content (AvgIpc) is 3.88. The quantitative estimate of drug-likeness (QED) is 0.244. The van der Waals surface area contributed by atoms with E-state index in [1.807, 2.05) is 20.8 Å². The van der Waals surface area contributed by atoms with Crippen molar-refractivity contribution in [3.8, 4) is 0 Å². The van der Waals surface area contributed by atoms with Crippen LogP contribution in [-0.4, -0.2) is 141 Å². The third-order valence-electron chi connectivity index (χ3n) is 10.7. The number of ketones is 1. The monoisotopic (exact) mass is 756 g/mol. The van der Waals surface area contributed by atoms with Crippen LogP contribution in [0.5, 0.6) is 0 Å². The molecule has 17 atom stereocenters. The number of cyclic esters (lactones) is 1. The van der Waals surface area contributed by atoms with Crippen molar-refractivity contribution in [2.24, 2.45) is 17.8 Å². The SMILES string of the molecule is CCC(=O)OC1C(OC)CC(C)OC1O[C@H]1C(C)C[C@@](C)(O)C(=O)/C=C/[C@H]2OC2[C@H](COC2OC(C)C(O)C(OC)C2OC)[C@@H](C)OC(=O)/C=C/[C@@H]1C. The molecule has 0 aromatic heterocycles. The highest BCUT2D eigenvalue weighted by molar-refractivity contribution is 5.96. The van der Waals surface area contributed by atoms with E-state index in [4.69, 9.17) is 47.4 Å². The molecule has 4 heterocycles. The molecule has 302 valence electrons. The number of rotatable bonds is 10. The second-order valence-corrected chi connectivity index (χ2v) is 14.9. The molecule has 0 spiro atoms. The van der Waals surface area contributed by atoms with Gasteiger partial charge in [0.05, 0.1) is 31.0 Å². The van der Waals surface area contributed by atoms with Crippen molar-refractivity contribution in [2.45, 2.75) is 153 Å². The van der Waals surface area contributed by atoms with Gasteiger partial charge in [0.15, 0.2) is 24.5 Å². The lowest BCUT2D eigenvalue weighted by molar-refractivity contribution is -0.305. The first kappa shape index (κ1) is 43.4. The molecule has 2 N–H and O–H groups in total. The molecule has 0 saturated carbocycles. The molecule has 4 rings (SSSR count). The van der Waals surface area contributed by atoms with E-state index in [2.05, 4.69) is 0 Å². The summed E-state index contributed by atoms with van der Waals surface area (Å²) < 4.78 is 59.1. The summed E-state index contributed by atoms with van der Waals surface area (Å²) in [7, 11) is 4.47. The van der Waals surface area contributed by atoms with Gasteiger partial charge < -0.3 is 57.6 Å². The summed E-state index contributed by atoms with van der Waals surface area (Å²) in [5, 5.41) is 22.0. The lowest BCUT2D eigenvalue weighted by Crippen LogP contribution is -2.59. The van der Waals surface area contributed by atoms with E-state index in [1.165, 1.54) is 40.4 Å². The van der Waals surface area contributed by atoms with E-state index in [0.717, 1.165) is 0 Å². The molecule has 53 heavy (non-hydrogen) atoms. The number of epoxide rings is 1. The zero-order valence-corrected chi connectivity index (χ0v) is 32.6. The Morgan fingerprint density at radius 3 is 2.23 bits per heavy atom. The van der Waals surface area contributed by atoms with Crippen molar-refractivity contribution in [1.82, 2.24) is 0 Å². The second kappa shape index (κ2) is 19.0. The number of ether oxygens (including phenoxy) is 10. The number of esters is 2. The molecule has 0 aromatic carbocycles. The van der Waals surface area contributed by atoms with Gasteiger partial charge in [0, 0.05) is 52.1 Å². The number of carbonyl (C=O) groups is 3. The number of aliphatic hydroxyl groups is 2. The molecular weight excluding hydrogens is 696 g/mol. The van der Waals surface area contributed by atoms with E-state index < -0.39 is 115 Å². The van der Waals surface area contributed by atoms with Gasteiger partial charge in [-0.1, -0.05) is 26.8 Å². The van der Waals surface area contributed by atoms with Crippen LogP contribution in [0.3, 0.4) is 0 Å². The van der Waals surface area contributed by atoms with E-state index in [1.54, 1.807) is 32.9 Å². The Kier molecular flexibility index (Phi) is 15.6. The Balaban J connectivity index is 1.58. The third kappa shape index (κ3) is 10.9. The Hall–Kier alpha value is -2.31. The van der Waals surface area contributed by atoms with Crippen LogP contribution in [0.1, 0.15) is 67.7 Å².